The van der Waals surface area contributed by atoms with E-state index in [1.807, 2.05) is 6.92 Å². The summed E-state index contributed by atoms with van der Waals surface area (Å²) in [5.74, 6) is 0.692. The Morgan fingerprint density at radius 3 is 2.64 bits per heavy atom. The average molecular weight is 635 g/mol. The van der Waals surface area contributed by atoms with Gasteiger partial charge in [0.1, 0.15) is 24.4 Å². The second-order valence-electron chi connectivity index (χ2n) is 13.0. The van der Waals surface area contributed by atoms with Crippen molar-refractivity contribution in [1.29, 1.82) is 5.26 Å². The number of nitrogens with zero attached hydrogens (tertiary/aromatic N) is 3. The second kappa shape index (κ2) is 9.57. The van der Waals surface area contributed by atoms with Gasteiger partial charge in [0.25, 0.3) is 0 Å². The molecule has 2 bridgehead atoms. The Morgan fingerprint density at radius 1 is 1.18 bits per heavy atom. The van der Waals surface area contributed by atoms with Crippen LogP contribution in [-0.2, 0) is 19.9 Å². The maximum absolute atomic E-state index is 13.3. The van der Waals surface area contributed by atoms with Crippen LogP contribution in [0.3, 0.4) is 0 Å². The van der Waals surface area contributed by atoms with E-state index in [1.54, 1.807) is 14.0 Å². The lowest BCUT2D eigenvalue weighted by Gasteiger charge is -2.66. The van der Waals surface area contributed by atoms with E-state index in [0.29, 0.717) is 40.4 Å². The van der Waals surface area contributed by atoms with E-state index in [2.05, 4.69) is 34.2 Å². The molecular formula is C32H34N4O8S. The number of esters is 1. The van der Waals surface area contributed by atoms with Gasteiger partial charge in [-0.15, -0.1) is 11.8 Å². The molecule has 45 heavy (non-hydrogen) atoms. The molecule has 2 aromatic rings. The van der Waals surface area contributed by atoms with E-state index in [0.717, 1.165) is 16.7 Å². The third kappa shape index (κ3) is 3.50. The molecule has 6 aliphatic rings. The summed E-state index contributed by atoms with van der Waals surface area (Å²) in [6, 6.07) is 1.50. The highest BCUT2D eigenvalue weighted by molar-refractivity contribution is 7.99. The number of fused-ring (bicyclic) bond motifs is 8. The number of piperazine rings is 1. The predicted molar refractivity (Wildman–Crippen MR) is 160 cm³/mol. The first-order chi connectivity index (χ1) is 21.5. The number of ether oxygens (including phenoxy) is 4. The number of carbonyl (C=O) groups is 2. The fourth-order valence-corrected chi connectivity index (χ4v) is 10.6. The number of phenolic OH excluding ortho intramolecular Hbond substituents is 2. The number of carbonyl (C=O) groups excluding carboxylic acids is 2. The summed E-state index contributed by atoms with van der Waals surface area (Å²) in [7, 11) is 1.54. The van der Waals surface area contributed by atoms with Crippen molar-refractivity contribution >= 4 is 23.6 Å². The second-order valence-corrected chi connectivity index (χ2v) is 14.1. The summed E-state index contributed by atoms with van der Waals surface area (Å²) >= 11 is 1.42. The number of benzene rings is 2. The number of hydrogen-bond acceptors (Lipinski definition) is 12. The van der Waals surface area contributed by atoms with E-state index < -0.39 is 40.9 Å². The first kappa shape index (κ1) is 28.6. The molecule has 8 atom stereocenters. The number of methoxy groups -OCH3 is 1. The zero-order valence-electron chi connectivity index (χ0n) is 25.5. The van der Waals surface area contributed by atoms with E-state index in [-0.39, 0.29) is 48.6 Å². The van der Waals surface area contributed by atoms with Gasteiger partial charge in [0, 0.05) is 52.6 Å². The quantitative estimate of drug-likeness (QED) is 0.416. The van der Waals surface area contributed by atoms with Crippen molar-refractivity contribution in [3.63, 3.8) is 0 Å². The Hall–Kier alpha value is -3.86. The molecule has 2 aromatic carbocycles. The summed E-state index contributed by atoms with van der Waals surface area (Å²) in [5, 5.41) is 36.8. The minimum absolute atomic E-state index is 0.0239. The summed E-state index contributed by atoms with van der Waals surface area (Å²) < 4.78 is 23.5. The molecule has 13 heteroatoms. The van der Waals surface area contributed by atoms with E-state index in [1.165, 1.54) is 18.7 Å². The third-order valence-electron chi connectivity index (χ3n) is 10.8. The molecule has 6 aliphatic heterocycles. The molecule has 12 nitrogen and oxygen atoms in total. The molecule has 0 aromatic heterocycles. The number of phenols is 2. The largest absolute Gasteiger partial charge is 0.507 e. The first-order valence-corrected chi connectivity index (χ1v) is 16.1. The molecule has 6 heterocycles. The first-order valence-electron chi connectivity index (χ1n) is 15.1. The number of nitrogens with one attached hydrogen (secondary N) is 1. The highest BCUT2D eigenvalue weighted by atomic mass is 32.2. The number of thioether (sulfide) groups is 1. The van der Waals surface area contributed by atoms with Crippen LogP contribution in [0.5, 0.6) is 28.7 Å². The van der Waals surface area contributed by atoms with Gasteiger partial charge in [-0.25, -0.2) is 4.79 Å². The Bertz CT molecular complexity index is 1740. The molecule has 0 spiro atoms. The Labute approximate surface area is 264 Å². The minimum Gasteiger partial charge on any atom is -0.507 e. The summed E-state index contributed by atoms with van der Waals surface area (Å²) in [6.45, 7) is 7.04. The van der Waals surface area contributed by atoms with Crippen molar-refractivity contribution in [1.82, 2.24) is 15.1 Å². The zero-order chi connectivity index (χ0) is 31.7. The van der Waals surface area contributed by atoms with Crippen LogP contribution >= 0.6 is 11.8 Å². The molecule has 3 N–H and O–H groups in total. The minimum atomic E-state index is -0.912. The van der Waals surface area contributed by atoms with Gasteiger partial charge in [0.15, 0.2) is 23.0 Å². The number of aromatic hydroxyl groups is 2. The zero-order valence-corrected chi connectivity index (χ0v) is 26.4. The van der Waals surface area contributed by atoms with Gasteiger partial charge in [-0.3, -0.25) is 14.6 Å². The Morgan fingerprint density at radius 2 is 1.93 bits per heavy atom. The fourth-order valence-electron chi connectivity index (χ4n) is 9.07. The number of aryl methyl sites for hydroxylation is 1. The van der Waals surface area contributed by atoms with Crippen LogP contribution in [0.25, 0.3) is 0 Å². The fraction of sp³-hybridized carbons (Fsp3) is 0.531. The van der Waals surface area contributed by atoms with Gasteiger partial charge in [-0.2, -0.15) is 5.26 Å². The molecule has 0 aliphatic carbocycles. The van der Waals surface area contributed by atoms with Crippen LogP contribution < -0.4 is 19.5 Å². The molecule has 0 radical (unpaired) electrons. The maximum Gasteiger partial charge on any atom is 0.329 e. The normalized spacial score (nSPS) is 34.0. The topological polar surface area (TPSA) is 154 Å². The third-order valence-corrected chi connectivity index (χ3v) is 12.2. The molecule has 0 saturated carbocycles. The molecule has 3 saturated heterocycles. The summed E-state index contributed by atoms with van der Waals surface area (Å²) in [5.41, 5.74) is 3.99. The van der Waals surface area contributed by atoms with Crippen molar-refractivity contribution in [2.75, 3.05) is 26.3 Å². The van der Waals surface area contributed by atoms with Crippen molar-refractivity contribution in [2.45, 2.75) is 81.2 Å². The van der Waals surface area contributed by atoms with Crippen LogP contribution in [-0.4, -0.2) is 82.3 Å². The van der Waals surface area contributed by atoms with Crippen LogP contribution in [0.2, 0.25) is 0 Å². The van der Waals surface area contributed by atoms with Crippen LogP contribution in [0, 0.1) is 25.2 Å². The summed E-state index contributed by atoms with van der Waals surface area (Å²) in [6.07, 6.45) is 0.696. The van der Waals surface area contributed by atoms with Crippen LogP contribution in [0.4, 0.5) is 0 Å². The molecule has 1 amide bonds. The lowest BCUT2D eigenvalue weighted by molar-refractivity contribution is -0.186. The van der Waals surface area contributed by atoms with Crippen LogP contribution in [0.1, 0.15) is 71.0 Å². The number of hydrogen-bond donors (Lipinski definition) is 3. The van der Waals surface area contributed by atoms with E-state index in [9.17, 15) is 25.1 Å². The van der Waals surface area contributed by atoms with Crippen molar-refractivity contribution in [3.8, 4) is 34.8 Å². The van der Waals surface area contributed by atoms with Gasteiger partial charge in [0.2, 0.25) is 12.7 Å². The number of rotatable bonds is 2. The van der Waals surface area contributed by atoms with Gasteiger partial charge in [-0.1, -0.05) is 0 Å². The molecule has 3 unspecified atom stereocenters. The lowest BCUT2D eigenvalue weighted by atomic mass is 9.70. The van der Waals surface area contributed by atoms with Crippen LogP contribution in [0.15, 0.2) is 6.07 Å². The van der Waals surface area contributed by atoms with Gasteiger partial charge >= 0.3 is 5.97 Å². The van der Waals surface area contributed by atoms with Gasteiger partial charge in [-0.05, 0) is 44.4 Å². The molecule has 3 fully saturated rings. The monoisotopic (exact) mass is 634 g/mol. The van der Waals surface area contributed by atoms with E-state index in [4.69, 9.17) is 18.9 Å². The van der Waals surface area contributed by atoms with Gasteiger partial charge < -0.3 is 34.5 Å². The van der Waals surface area contributed by atoms with Crippen molar-refractivity contribution < 1.29 is 38.7 Å². The molecule has 236 valence electrons. The smallest absolute Gasteiger partial charge is 0.329 e. The highest BCUT2D eigenvalue weighted by Gasteiger charge is 2.70. The van der Waals surface area contributed by atoms with Crippen molar-refractivity contribution in [3.05, 3.63) is 39.4 Å². The number of amides is 1. The summed E-state index contributed by atoms with van der Waals surface area (Å²) in [4.78, 5) is 29.9. The number of cyclic esters (lactones) is 1. The van der Waals surface area contributed by atoms with E-state index >= 15 is 0 Å². The predicted octanol–water partition coefficient (Wildman–Crippen LogP) is 2.96. The SMILES string of the molecule is COc1c(C)cc2c(c1O)[C@@H]1C3[C@@H]4SC[C@H](NC(C)=O)C(=O)OCC(c5c6c(c(C)c(O)c54)OCO6)N3[C@@H](C#N)[C@@H]3CC2(C)N13. The number of nitriles is 1. The lowest BCUT2D eigenvalue weighted by Crippen LogP contribution is -2.75. The van der Waals surface area contributed by atoms with Crippen molar-refractivity contribution in [2.24, 2.45) is 0 Å². The average Bonchev–Trinajstić information content (AvgIpc) is 3.56. The van der Waals surface area contributed by atoms with Gasteiger partial charge in [0.05, 0.1) is 30.5 Å². The molecular weight excluding hydrogens is 600 g/mol. The Kier molecular flexibility index (Phi) is 6.09. The highest BCUT2D eigenvalue weighted by Crippen LogP contribution is 2.70. The maximum atomic E-state index is 13.3. The Balaban J connectivity index is 1.41. The molecule has 8 rings (SSSR count). The standard InChI is InChI=1S/C32H34N4O8S/c1-12-6-15-20(26(39)27(12)41-5)23-24-30-22-21(29-28(43-11-44-29)13(2)25(22)38)19(9-42-31(40)16(10-45-30)34-14(3)37)35(24)18(8-33)17-7-32(15,4)36(17)23/h6,16-19,23-24,30,38-39H,7,9-11H2,1-5H3,(H,34,37)/t16-,17-,18-,19?,23+,24?,30+,32?/m0/s1.